The van der Waals surface area contributed by atoms with E-state index in [0.717, 1.165) is 32.9 Å². The lowest BCUT2D eigenvalue weighted by Crippen LogP contribution is -2.11. The standard InChI is InChI=1S/C22H17ClFNOS/c23-17-8-6-14(7-9-17)22-20(21(26)16-4-2-10-25-12-16)19(13-27-22)15-3-1-5-18(24)11-15/h1-12,19,21,26H,13H2. The average molecular weight is 398 g/mol. The Morgan fingerprint density at radius 3 is 2.63 bits per heavy atom. The van der Waals surface area contributed by atoms with Crippen LogP contribution >= 0.6 is 23.4 Å². The maximum atomic E-state index is 13.8. The van der Waals surface area contributed by atoms with Crippen molar-refractivity contribution >= 4 is 28.3 Å². The normalized spacial score (nSPS) is 18.0. The first-order chi connectivity index (χ1) is 13.1. The molecule has 0 fully saturated rings. The van der Waals surface area contributed by atoms with E-state index in [-0.39, 0.29) is 11.7 Å². The van der Waals surface area contributed by atoms with Gasteiger partial charge in [-0.15, -0.1) is 11.8 Å². The summed E-state index contributed by atoms with van der Waals surface area (Å²) in [5, 5.41) is 11.8. The average Bonchev–Trinajstić information content (AvgIpc) is 3.14. The van der Waals surface area contributed by atoms with Gasteiger partial charge in [-0.05, 0) is 47.0 Å². The van der Waals surface area contributed by atoms with Crippen LogP contribution in [0.4, 0.5) is 4.39 Å². The Hall–Kier alpha value is -2.14. The molecule has 1 aromatic heterocycles. The Morgan fingerprint density at radius 2 is 1.93 bits per heavy atom. The van der Waals surface area contributed by atoms with Gasteiger partial charge in [0.1, 0.15) is 11.9 Å². The van der Waals surface area contributed by atoms with Crippen LogP contribution in [0, 0.1) is 5.82 Å². The lowest BCUT2D eigenvalue weighted by molar-refractivity contribution is 0.210. The zero-order chi connectivity index (χ0) is 18.8. The highest BCUT2D eigenvalue weighted by Gasteiger charge is 2.33. The highest BCUT2D eigenvalue weighted by molar-refractivity contribution is 8.08. The van der Waals surface area contributed by atoms with Gasteiger partial charge in [0.2, 0.25) is 0 Å². The summed E-state index contributed by atoms with van der Waals surface area (Å²) in [7, 11) is 0. The van der Waals surface area contributed by atoms with Gasteiger partial charge in [0.25, 0.3) is 0 Å². The fraction of sp³-hybridized carbons (Fsp3) is 0.136. The van der Waals surface area contributed by atoms with Crippen molar-refractivity contribution in [1.29, 1.82) is 0 Å². The Labute approximate surface area is 166 Å². The number of rotatable bonds is 4. The van der Waals surface area contributed by atoms with Gasteiger partial charge in [-0.25, -0.2) is 4.39 Å². The molecule has 2 nitrogen and oxygen atoms in total. The number of benzene rings is 2. The van der Waals surface area contributed by atoms with Crippen LogP contribution < -0.4 is 0 Å². The summed E-state index contributed by atoms with van der Waals surface area (Å²) in [6.07, 6.45) is 2.54. The predicted molar refractivity (Wildman–Crippen MR) is 109 cm³/mol. The smallest absolute Gasteiger partial charge is 0.123 e. The van der Waals surface area contributed by atoms with Crippen LogP contribution in [0.3, 0.4) is 0 Å². The lowest BCUT2D eigenvalue weighted by atomic mass is 9.86. The summed E-state index contributed by atoms with van der Waals surface area (Å²) in [6, 6.07) is 17.9. The molecule has 0 bridgehead atoms. The van der Waals surface area contributed by atoms with Crippen LogP contribution in [0.15, 0.2) is 78.6 Å². The number of aliphatic hydroxyl groups is 1. The highest BCUT2D eigenvalue weighted by atomic mass is 35.5. The van der Waals surface area contributed by atoms with Gasteiger partial charge in [0.05, 0.1) is 0 Å². The van der Waals surface area contributed by atoms with E-state index in [2.05, 4.69) is 4.98 Å². The third-order valence-corrected chi connectivity index (χ3v) is 6.20. The van der Waals surface area contributed by atoms with E-state index in [1.807, 2.05) is 36.4 Å². The maximum Gasteiger partial charge on any atom is 0.123 e. The van der Waals surface area contributed by atoms with Gasteiger partial charge < -0.3 is 5.11 Å². The van der Waals surface area contributed by atoms with E-state index < -0.39 is 6.10 Å². The number of aromatic nitrogens is 1. The van der Waals surface area contributed by atoms with Crippen LogP contribution in [-0.2, 0) is 0 Å². The summed E-state index contributed by atoms with van der Waals surface area (Å²) < 4.78 is 13.8. The second kappa shape index (κ2) is 7.85. The van der Waals surface area contributed by atoms with Crippen LogP contribution in [0.5, 0.6) is 0 Å². The Kier molecular flexibility index (Phi) is 5.30. The highest BCUT2D eigenvalue weighted by Crippen LogP contribution is 2.51. The largest absolute Gasteiger partial charge is 0.384 e. The van der Waals surface area contributed by atoms with E-state index in [1.54, 1.807) is 42.4 Å². The molecular weight excluding hydrogens is 381 g/mol. The monoisotopic (exact) mass is 397 g/mol. The van der Waals surface area contributed by atoms with Crippen LogP contribution in [0.25, 0.3) is 4.91 Å². The van der Waals surface area contributed by atoms with Gasteiger partial charge in [-0.3, -0.25) is 4.98 Å². The molecule has 0 aliphatic carbocycles. The number of aliphatic hydroxyl groups excluding tert-OH is 1. The Morgan fingerprint density at radius 1 is 1.11 bits per heavy atom. The van der Waals surface area contributed by atoms with E-state index >= 15 is 0 Å². The zero-order valence-corrected chi connectivity index (χ0v) is 15.9. The van der Waals surface area contributed by atoms with Gasteiger partial charge in [-0.1, -0.05) is 41.9 Å². The van der Waals surface area contributed by atoms with Crippen molar-refractivity contribution in [3.63, 3.8) is 0 Å². The summed E-state index contributed by atoms with van der Waals surface area (Å²) in [6.45, 7) is 0. The van der Waals surface area contributed by atoms with E-state index in [1.165, 1.54) is 6.07 Å². The molecule has 0 saturated carbocycles. The third kappa shape index (κ3) is 3.79. The first-order valence-electron chi connectivity index (χ1n) is 8.60. The van der Waals surface area contributed by atoms with Crippen molar-refractivity contribution in [2.75, 3.05) is 5.75 Å². The molecule has 0 saturated heterocycles. The Balaban J connectivity index is 1.84. The minimum atomic E-state index is -0.812. The minimum absolute atomic E-state index is 0.0772. The number of nitrogens with zero attached hydrogens (tertiary/aromatic N) is 1. The first-order valence-corrected chi connectivity index (χ1v) is 9.96. The number of hydrogen-bond donors (Lipinski definition) is 1. The van der Waals surface area contributed by atoms with Crippen molar-refractivity contribution in [2.24, 2.45) is 0 Å². The molecule has 2 heterocycles. The van der Waals surface area contributed by atoms with Gasteiger partial charge in [-0.2, -0.15) is 0 Å². The summed E-state index contributed by atoms with van der Waals surface area (Å²) in [5.74, 6) is 0.396. The predicted octanol–water partition coefficient (Wildman–Crippen LogP) is 5.85. The molecule has 2 atom stereocenters. The molecule has 27 heavy (non-hydrogen) atoms. The van der Waals surface area contributed by atoms with Gasteiger partial charge in [0, 0.05) is 39.6 Å². The summed E-state index contributed by atoms with van der Waals surface area (Å²) in [5.41, 5.74) is 3.47. The SMILES string of the molecule is OC(C1=C(c2ccc(Cl)cc2)SCC1c1cccc(F)c1)c1cccnc1. The molecule has 5 heteroatoms. The molecule has 1 aliphatic heterocycles. The maximum absolute atomic E-state index is 13.8. The number of hydrogen-bond acceptors (Lipinski definition) is 3. The topological polar surface area (TPSA) is 33.1 Å². The Bertz CT molecular complexity index is 975. The third-order valence-electron chi connectivity index (χ3n) is 4.68. The number of thioether (sulfide) groups is 1. The molecule has 1 N–H and O–H groups in total. The first kappa shape index (κ1) is 18.2. The quantitative estimate of drug-likeness (QED) is 0.599. The van der Waals surface area contributed by atoms with E-state index in [0.29, 0.717) is 5.02 Å². The molecule has 136 valence electrons. The lowest BCUT2D eigenvalue weighted by Gasteiger charge is -2.21. The molecule has 4 rings (SSSR count). The van der Waals surface area contributed by atoms with Crippen molar-refractivity contribution in [3.8, 4) is 0 Å². The zero-order valence-electron chi connectivity index (χ0n) is 14.3. The van der Waals surface area contributed by atoms with Crippen molar-refractivity contribution < 1.29 is 9.50 Å². The molecule has 3 aromatic rings. The molecule has 0 radical (unpaired) electrons. The number of halogens is 2. The molecule has 0 spiro atoms. The number of pyridine rings is 1. The van der Waals surface area contributed by atoms with Crippen LogP contribution in [0.1, 0.15) is 28.7 Å². The van der Waals surface area contributed by atoms with Gasteiger partial charge in [0.15, 0.2) is 0 Å². The van der Waals surface area contributed by atoms with E-state index in [4.69, 9.17) is 11.6 Å². The van der Waals surface area contributed by atoms with Crippen LogP contribution in [-0.4, -0.2) is 15.8 Å². The van der Waals surface area contributed by atoms with Crippen molar-refractivity contribution in [3.05, 3.63) is 106 Å². The molecule has 2 aromatic carbocycles. The molecule has 0 amide bonds. The molecule has 2 unspecified atom stereocenters. The second-order valence-electron chi connectivity index (χ2n) is 6.40. The van der Waals surface area contributed by atoms with Crippen molar-refractivity contribution in [2.45, 2.75) is 12.0 Å². The fourth-order valence-electron chi connectivity index (χ4n) is 3.38. The minimum Gasteiger partial charge on any atom is -0.384 e. The second-order valence-corrected chi connectivity index (χ2v) is 7.87. The van der Waals surface area contributed by atoms with E-state index in [9.17, 15) is 9.50 Å². The van der Waals surface area contributed by atoms with Gasteiger partial charge >= 0.3 is 0 Å². The van der Waals surface area contributed by atoms with Crippen LogP contribution in [0.2, 0.25) is 5.02 Å². The van der Waals surface area contributed by atoms with Crippen molar-refractivity contribution in [1.82, 2.24) is 4.98 Å². The summed E-state index contributed by atoms with van der Waals surface area (Å²) in [4.78, 5) is 5.14. The molecule has 1 aliphatic rings. The summed E-state index contributed by atoms with van der Waals surface area (Å²) >= 11 is 7.71. The fourth-order valence-corrected chi connectivity index (χ4v) is 4.94. The molecular formula is C22H17ClFNOS.